The van der Waals surface area contributed by atoms with Gasteiger partial charge in [-0.05, 0) is 0 Å². The number of carboxylic acids is 2. The SMILES string of the molecule is O=C(O)[C@H](O)[C@@H](O)[C@H](O[C@@H]1OC(CO)[C@H](O)C(O)C1O)[C@H](O)CO.O=C([O-])[C@H](O)[C@@H](O)[C@H](O[C@@H]1OC(CO)[C@H](O)C(O)C1O)[C@H](O)CO.[Zn+2]. The van der Waals surface area contributed by atoms with Gasteiger partial charge in [0.1, 0.15) is 91.6 Å². The van der Waals surface area contributed by atoms with Gasteiger partial charge in [-0.25, -0.2) is 4.79 Å². The summed E-state index contributed by atoms with van der Waals surface area (Å²) in [6.45, 7) is -3.55. The maximum absolute atomic E-state index is 10.7. The van der Waals surface area contributed by atoms with Crippen molar-refractivity contribution in [3.63, 3.8) is 0 Å². The third kappa shape index (κ3) is 12.4. The van der Waals surface area contributed by atoms with Crippen molar-refractivity contribution in [2.45, 2.75) is 110 Å². The topological polar surface area (TPSA) is 438 Å². The number of rotatable bonds is 16. The number of hydrogen-bond donors (Lipinski definition) is 17. The van der Waals surface area contributed by atoms with Crippen LogP contribution in [0.2, 0.25) is 0 Å². The molecule has 24 nitrogen and oxygen atoms in total. The van der Waals surface area contributed by atoms with Crippen molar-refractivity contribution in [1.29, 1.82) is 0 Å². The standard InChI is InChI=1S/2C12H22O12.Zn/c2*13-1-3(15)10(7(18)8(19)11(21)22)24-12-9(20)6(17)5(16)4(2-14)23-12;/h2*3-10,12-20H,1-2H2,(H,21,22);/q;;+2/p-1/t2*3-,4?,5+,6?,7-,8-,9?,10-,12+;/m11./s1. The molecule has 2 aliphatic rings. The van der Waals surface area contributed by atoms with Crippen LogP contribution in [0.4, 0.5) is 0 Å². The summed E-state index contributed by atoms with van der Waals surface area (Å²) in [5.74, 6) is -3.93. The molecule has 2 aliphatic heterocycles. The first-order valence-corrected chi connectivity index (χ1v) is 14.0. The van der Waals surface area contributed by atoms with Gasteiger partial charge in [0, 0.05) is 0 Å². The summed E-state index contributed by atoms with van der Waals surface area (Å²) < 4.78 is 19.9. The minimum atomic E-state index is -2.50. The molecule has 0 aromatic carbocycles. The largest absolute Gasteiger partial charge is 2.00 e. The van der Waals surface area contributed by atoms with E-state index in [1.54, 1.807) is 0 Å². The molecule has 2 heterocycles. The van der Waals surface area contributed by atoms with E-state index in [0.29, 0.717) is 0 Å². The second-order valence-corrected chi connectivity index (χ2v) is 10.6. The van der Waals surface area contributed by atoms with Crippen LogP contribution in [0.1, 0.15) is 0 Å². The fraction of sp³-hybridized carbons (Fsp3) is 0.917. The normalized spacial score (nSPS) is 35.2. The third-order valence-electron chi connectivity index (χ3n) is 7.23. The molecule has 25 heteroatoms. The fourth-order valence-corrected chi connectivity index (χ4v) is 4.32. The van der Waals surface area contributed by atoms with Crippen molar-refractivity contribution in [2.75, 3.05) is 26.4 Å². The van der Waals surface area contributed by atoms with E-state index >= 15 is 0 Å². The molecule has 2 rings (SSSR count). The van der Waals surface area contributed by atoms with Crippen LogP contribution in [0.5, 0.6) is 0 Å². The molecule has 2 fully saturated rings. The molecule has 49 heavy (non-hydrogen) atoms. The summed E-state index contributed by atoms with van der Waals surface area (Å²) in [6, 6.07) is 0. The van der Waals surface area contributed by atoms with Crippen LogP contribution < -0.4 is 5.11 Å². The summed E-state index contributed by atoms with van der Waals surface area (Å²) in [5.41, 5.74) is 0. The van der Waals surface area contributed by atoms with Crippen molar-refractivity contribution in [3.05, 3.63) is 0 Å². The first-order valence-electron chi connectivity index (χ1n) is 14.0. The van der Waals surface area contributed by atoms with Crippen LogP contribution in [0.3, 0.4) is 0 Å². The van der Waals surface area contributed by atoms with Crippen LogP contribution in [0.25, 0.3) is 0 Å². The molecular weight excluding hydrogens is 738 g/mol. The average Bonchev–Trinajstić information content (AvgIpc) is 3.07. The van der Waals surface area contributed by atoms with Crippen molar-refractivity contribution in [2.24, 2.45) is 0 Å². The predicted molar refractivity (Wildman–Crippen MR) is 140 cm³/mol. The summed E-state index contributed by atoms with van der Waals surface area (Å²) in [6.07, 6.45) is -34.2. The van der Waals surface area contributed by atoms with Crippen LogP contribution in [0.15, 0.2) is 0 Å². The van der Waals surface area contributed by atoms with E-state index < -0.39 is 149 Å². The maximum atomic E-state index is 10.7. The number of aliphatic hydroxyl groups excluding tert-OH is 16. The second kappa shape index (κ2) is 22.0. The molecule has 0 amide bonds. The smallest absolute Gasteiger partial charge is 0.547 e. The van der Waals surface area contributed by atoms with Crippen LogP contribution in [-0.2, 0) is 48.0 Å². The Morgan fingerprint density at radius 1 is 0.592 bits per heavy atom. The Bertz CT molecular complexity index is 888. The summed E-state index contributed by atoms with van der Waals surface area (Å²) in [5, 5.41) is 171. The minimum absolute atomic E-state index is 0. The first-order chi connectivity index (χ1) is 22.3. The van der Waals surface area contributed by atoms with Crippen LogP contribution in [-0.4, -0.2) is 235 Å². The molecule has 2 saturated heterocycles. The first kappa shape index (κ1) is 47.8. The van der Waals surface area contributed by atoms with Gasteiger partial charge >= 0.3 is 25.4 Å². The van der Waals surface area contributed by atoms with E-state index in [1.165, 1.54) is 0 Å². The molecule has 0 spiro atoms. The summed E-state index contributed by atoms with van der Waals surface area (Å²) >= 11 is 0. The predicted octanol–water partition coefficient (Wildman–Crippen LogP) is -12.7. The number of aliphatic hydroxyl groups is 16. The molecule has 0 bridgehead atoms. The van der Waals surface area contributed by atoms with E-state index in [9.17, 15) is 76.0 Å². The molecule has 284 valence electrons. The Morgan fingerprint density at radius 3 is 1.18 bits per heavy atom. The molecule has 0 aliphatic carbocycles. The Hall–Kier alpha value is -1.24. The van der Waals surface area contributed by atoms with Gasteiger partial charge in [-0.15, -0.1) is 0 Å². The summed E-state index contributed by atoms with van der Waals surface area (Å²) in [4.78, 5) is 21.3. The zero-order valence-corrected chi connectivity index (χ0v) is 28.4. The van der Waals surface area contributed by atoms with Gasteiger partial charge in [0.25, 0.3) is 0 Å². The van der Waals surface area contributed by atoms with Crippen molar-refractivity contribution in [3.8, 4) is 0 Å². The third-order valence-corrected chi connectivity index (χ3v) is 7.23. The fourth-order valence-electron chi connectivity index (χ4n) is 4.32. The number of hydrogen-bond acceptors (Lipinski definition) is 23. The van der Waals surface area contributed by atoms with Crippen LogP contribution >= 0.6 is 0 Å². The Labute approximate surface area is 288 Å². The molecule has 0 saturated carbocycles. The molecule has 18 atom stereocenters. The number of carbonyl (C=O) groups is 2. The molecule has 17 N–H and O–H groups in total. The number of carbonyl (C=O) groups excluding carboxylic acids is 1. The monoisotopic (exact) mass is 779 g/mol. The average molecular weight is 781 g/mol. The van der Waals surface area contributed by atoms with Gasteiger partial charge < -0.3 is 116 Å². The van der Waals surface area contributed by atoms with E-state index in [0.717, 1.165) is 0 Å². The number of aliphatic carboxylic acids is 2. The van der Waals surface area contributed by atoms with Gasteiger partial charge in [-0.3, -0.25) is 0 Å². The minimum Gasteiger partial charge on any atom is -0.547 e. The van der Waals surface area contributed by atoms with Gasteiger partial charge in [-0.2, -0.15) is 0 Å². The Kier molecular flexibility index (Phi) is 21.4. The van der Waals surface area contributed by atoms with Crippen molar-refractivity contribution >= 4 is 11.9 Å². The number of carboxylic acid groups (broad SMARTS) is 2. The van der Waals surface area contributed by atoms with Gasteiger partial charge in [-0.1, -0.05) is 0 Å². The molecule has 6 unspecified atom stereocenters. The van der Waals surface area contributed by atoms with Gasteiger partial charge in [0.15, 0.2) is 18.7 Å². The van der Waals surface area contributed by atoms with Crippen molar-refractivity contribution < 1.29 is 140 Å². The summed E-state index contributed by atoms with van der Waals surface area (Å²) in [7, 11) is 0. The van der Waals surface area contributed by atoms with E-state index in [1.807, 2.05) is 0 Å². The van der Waals surface area contributed by atoms with Gasteiger partial charge in [0.05, 0.1) is 32.4 Å². The Balaban J connectivity index is 0.000000922. The van der Waals surface area contributed by atoms with E-state index in [-0.39, 0.29) is 19.5 Å². The molecular formula is C24H43O24Zn+. The van der Waals surface area contributed by atoms with Crippen molar-refractivity contribution in [1.82, 2.24) is 0 Å². The zero-order valence-electron chi connectivity index (χ0n) is 25.4. The Morgan fingerprint density at radius 2 is 0.918 bits per heavy atom. The quantitative estimate of drug-likeness (QED) is 0.0646. The maximum Gasteiger partial charge on any atom is 2.00 e. The van der Waals surface area contributed by atoms with Gasteiger partial charge in [0.2, 0.25) is 0 Å². The second-order valence-electron chi connectivity index (χ2n) is 10.6. The van der Waals surface area contributed by atoms with Crippen LogP contribution in [0, 0.1) is 0 Å². The van der Waals surface area contributed by atoms with E-state index in [4.69, 9.17) is 44.5 Å². The molecule has 0 aromatic heterocycles. The molecule has 0 aromatic rings. The zero-order chi connectivity index (χ0) is 37.2. The van der Waals surface area contributed by atoms with E-state index in [2.05, 4.69) is 0 Å². The molecule has 0 radical (unpaired) electrons. The number of ether oxygens (including phenoxy) is 4.